The van der Waals surface area contributed by atoms with Crippen molar-refractivity contribution in [3.05, 3.63) is 99.6 Å². The van der Waals surface area contributed by atoms with E-state index in [2.05, 4.69) is 30.6 Å². The highest BCUT2D eigenvalue weighted by molar-refractivity contribution is 6.31. The molecule has 6 rings (SSSR count). The van der Waals surface area contributed by atoms with Crippen LogP contribution in [0, 0.1) is 0 Å². The zero-order valence-corrected chi connectivity index (χ0v) is 19.5. The Morgan fingerprint density at radius 2 is 1.97 bits per heavy atom. The third kappa shape index (κ3) is 3.87. The lowest BCUT2D eigenvalue weighted by molar-refractivity contribution is 0.322. The van der Waals surface area contributed by atoms with Crippen LogP contribution in [0.25, 0.3) is 28.1 Å². The van der Waals surface area contributed by atoms with E-state index >= 15 is 0 Å². The van der Waals surface area contributed by atoms with E-state index in [0.717, 1.165) is 58.0 Å². The molecule has 2 N–H and O–H groups in total. The summed E-state index contributed by atoms with van der Waals surface area (Å²) in [5, 5.41) is 23.7. The summed E-state index contributed by atoms with van der Waals surface area (Å²) in [6.07, 6.45) is 6.14. The summed E-state index contributed by atoms with van der Waals surface area (Å²) in [6.45, 7) is 0. The minimum Gasteiger partial charge on any atom is -0.411 e. The van der Waals surface area contributed by atoms with Crippen LogP contribution in [0.15, 0.2) is 77.1 Å². The van der Waals surface area contributed by atoms with Crippen molar-refractivity contribution in [3.63, 3.8) is 0 Å². The zero-order chi connectivity index (χ0) is 24.6. The van der Waals surface area contributed by atoms with Crippen LogP contribution in [-0.2, 0) is 6.42 Å². The smallest absolute Gasteiger partial charge is 0.252 e. The lowest BCUT2D eigenvalue weighted by Crippen LogP contribution is -2.23. The Kier molecular flexibility index (Phi) is 5.42. The predicted molar refractivity (Wildman–Crippen MR) is 134 cm³/mol. The van der Waals surface area contributed by atoms with Gasteiger partial charge >= 0.3 is 0 Å². The van der Waals surface area contributed by atoms with Crippen molar-refractivity contribution < 1.29 is 5.21 Å². The number of nitrogens with zero attached hydrogens (tertiary/aromatic N) is 7. The number of pyridine rings is 1. The van der Waals surface area contributed by atoms with Crippen molar-refractivity contribution in [2.75, 3.05) is 0 Å². The molecule has 0 amide bonds. The van der Waals surface area contributed by atoms with Crippen LogP contribution in [0.5, 0.6) is 0 Å². The molecule has 5 aromatic rings. The number of aromatic nitrogens is 7. The van der Waals surface area contributed by atoms with E-state index in [0.29, 0.717) is 5.02 Å². The van der Waals surface area contributed by atoms with Crippen molar-refractivity contribution in [2.45, 2.75) is 18.9 Å². The summed E-state index contributed by atoms with van der Waals surface area (Å²) < 4.78 is 3.35. The summed E-state index contributed by atoms with van der Waals surface area (Å²) in [5.41, 5.74) is 5.65. The Bertz CT molecular complexity index is 1640. The lowest BCUT2D eigenvalue weighted by Gasteiger charge is -2.15. The number of hydrogen-bond acceptors (Lipinski definition) is 7. The van der Waals surface area contributed by atoms with Gasteiger partial charge < -0.3 is 14.8 Å². The molecule has 3 aromatic heterocycles. The molecule has 0 saturated carbocycles. The van der Waals surface area contributed by atoms with E-state index in [-0.39, 0.29) is 11.6 Å². The second-order valence-electron chi connectivity index (χ2n) is 8.46. The third-order valence-electron chi connectivity index (χ3n) is 6.34. The van der Waals surface area contributed by atoms with Crippen LogP contribution in [0.2, 0.25) is 5.02 Å². The van der Waals surface area contributed by atoms with Gasteiger partial charge in [-0.25, -0.2) is 4.98 Å². The maximum absolute atomic E-state index is 13.4. The number of oxime groups is 1. The van der Waals surface area contributed by atoms with Gasteiger partial charge in [0.15, 0.2) is 0 Å². The highest BCUT2D eigenvalue weighted by Gasteiger charge is 2.28. The zero-order valence-electron chi connectivity index (χ0n) is 18.8. The summed E-state index contributed by atoms with van der Waals surface area (Å²) in [6, 6.07) is 16.4. The number of hydrogen-bond donors (Lipinski definition) is 2. The fourth-order valence-corrected chi connectivity index (χ4v) is 4.86. The van der Waals surface area contributed by atoms with Crippen LogP contribution in [0.1, 0.15) is 29.5 Å². The Morgan fingerprint density at radius 1 is 1.11 bits per heavy atom. The van der Waals surface area contributed by atoms with Gasteiger partial charge in [0, 0.05) is 22.3 Å². The van der Waals surface area contributed by atoms with Gasteiger partial charge in [-0.1, -0.05) is 41.0 Å². The minimum atomic E-state index is -0.186. The molecule has 0 saturated heterocycles. The van der Waals surface area contributed by atoms with Crippen LogP contribution in [0.3, 0.4) is 0 Å². The molecule has 2 aromatic carbocycles. The second-order valence-corrected chi connectivity index (χ2v) is 8.90. The molecule has 0 fully saturated rings. The number of rotatable bonds is 5. The number of imidazole rings is 1. The minimum absolute atomic E-state index is 0.113. The molecular formula is C25H19ClN8O2. The fourth-order valence-electron chi connectivity index (χ4n) is 4.69. The second kappa shape index (κ2) is 8.90. The van der Waals surface area contributed by atoms with Crippen molar-refractivity contribution in [2.24, 2.45) is 5.16 Å². The Morgan fingerprint density at radius 3 is 2.75 bits per heavy atom. The van der Waals surface area contributed by atoms with Gasteiger partial charge in [-0.3, -0.25) is 4.79 Å². The Hall–Kier alpha value is -4.57. The molecule has 10 nitrogen and oxygen atoms in total. The molecule has 178 valence electrons. The standard InChI is InChI=1S/C25H19ClN8O2/c26-18-5-7-22(33-14-28-31-32-33)20(11-18)17-9-19-6-8-23(34(19)24(35)10-17)25-27-13-21(30-25)16-3-1-15(2-4-16)12-29-36/h1-5,7,9-14,23,36H,6,8H2,(H,27,30)/b29-12+/t23-/m0/s1. The van der Waals surface area contributed by atoms with Crippen LogP contribution < -0.4 is 5.56 Å². The SMILES string of the molecule is O=c1cc(-c2cc(Cl)ccc2-n2cnnn2)cc2n1[C@H](c1ncc(-c3ccc(/C=N/O)cc3)[nH]1)CC2. The van der Waals surface area contributed by atoms with Gasteiger partial charge in [0.25, 0.3) is 5.56 Å². The third-order valence-corrected chi connectivity index (χ3v) is 6.57. The molecule has 0 unspecified atom stereocenters. The first-order chi connectivity index (χ1) is 17.6. The van der Waals surface area contributed by atoms with E-state index in [1.54, 1.807) is 27.6 Å². The molecule has 0 spiro atoms. The van der Waals surface area contributed by atoms with E-state index in [4.69, 9.17) is 16.8 Å². The summed E-state index contributed by atoms with van der Waals surface area (Å²) in [4.78, 5) is 21.3. The molecule has 0 radical (unpaired) electrons. The number of H-pyrrole nitrogens is 1. The van der Waals surface area contributed by atoms with E-state index in [1.165, 1.54) is 12.5 Å². The largest absolute Gasteiger partial charge is 0.411 e. The van der Waals surface area contributed by atoms with Gasteiger partial charge in [-0.15, -0.1) is 5.10 Å². The molecule has 0 bridgehead atoms. The summed E-state index contributed by atoms with van der Waals surface area (Å²) in [7, 11) is 0. The fraction of sp³-hybridized carbons (Fsp3) is 0.120. The molecule has 4 heterocycles. The number of benzene rings is 2. The Balaban J connectivity index is 1.35. The van der Waals surface area contributed by atoms with Gasteiger partial charge in [0.05, 0.1) is 29.8 Å². The van der Waals surface area contributed by atoms with E-state index in [9.17, 15) is 4.79 Å². The number of halogens is 1. The molecule has 0 aliphatic carbocycles. The van der Waals surface area contributed by atoms with Crippen LogP contribution >= 0.6 is 11.6 Å². The first kappa shape index (κ1) is 21.9. The van der Waals surface area contributed by atoms with Gasteiger partial charge in [0.1, 0.15) is 12.2 Å². The predicted octanol–water partition coefficient (Wildman–Crippen LogP) is 3.88. The number of nitrogens with one attached hydrogen (secondary N) is 1. The maximum Gasteiger partial charge on any atom is 0.252 e. The monoisotopic (exact) mass is 498 g/mol. The molecule has 36 heavy (non-hydrogen) atoms. The van der Waals surface area contributed by atoms with Crippen molar-refractivity contribution in [3.8, 4) is 28.1 Å². The first-order valence-electron chi connectivity index (χ1n) is 11.2. The topological polar surface area (TPSA) is 127 Å². The highest BCUT2D eigenvalue weighted by atomic mass is 35.5. The molecule has 1 atom stereocenters. The van der Waals surface area contributed by atoms with Crippen LogP contribution in [0.4, 0.5) is 0 Å². The number of tetrazole rings is 1. The summed E-state index contributed by atoms with van der Waals surface area (Å²) >= 11 is 6.29. The van der Waals surface area contributed by atoms with Crippen LogP contribution in [-0.4, -0.2) is 46.2 Å². The number of aryl methyl sites for hydroxylation is 1. The van der Waals surface area contributed by atoms with Gasteiger partial charge in [0.2, 0.25) is 0 Å². The van der Waals surface area contributed by atoms with Gasteiger partial charge in [-0.05, 0) is 64.2 Å². The maximum atomic E-state index is 13.4. The highest BCUT2D eigenvalue weighted by Crippen LogP contribution is 2.34. The van der Waals surface area contributed by atoms with Crippen molar-refractivity contribution >= 4 is 17.8 Å². The van der Waals surface area contributed by atoms with E-state index in [1.807, 2.05) is 42.5 Å². The van der Waals surface area contributed by atoms with E-state index < -0.39 is 0 Å². The normalized spacial score (nSPS) is 15.0. The van der Waals surface area contributed by atoms with Crippen molar-refractivity contribution in [1.82, 2.24) is 34.7 Å². The molecular weight excluding hydrogens is 480 g/mol. The average Bonchev–Trinajstić information content (AvgIpc) is 3.65. The summed E-state index contributed by atoms with van der Waals surface area (Å²) in [5.74, 6) is 0.733. The molecule has 1 aliphatic rings. The number of fused-ring (bicyclic) bond motifs is 1. The Labute approximate surface area is 209 Å². The molecule has 1 aliphatic heterocycles. The quantitative estimate of drug-likeness (QED) is 0.215. The lowest BCUT2D eigenvalue weighted by atomic mass is 10.0. The molecule has 11 heteroatoms. The average molecular weight is 499 g/mol. The van der Waals surface area contributed by atoms with Crippen molar-refractivity contribution in [1.29, 1.82) is 0 Å². The number of aromatic amines is 1. The van der Waals surface area contributed by atoms with Gasteiger partial charge in [-0.2, -0.15) is 4.68 Å². The first-order valence-corrected chi connectivity index (χ1v) is 11.6.